The number of ether oxygens (including phenoxy) is 6. The van der Waals surface area contributed by atoms with Gasteiger partial charge in [0.2, 0.25) is 19.6 Å². The van der Waals surface area contributed by atoms with Crippen molar-refractivity contribution in [2.75, 3.05) is 154 Å². The number of piperazine rings is 3. The summed E-state index contributed by atoms with van der Waals surface area (Å²) < 4.78 is 79.4. The van der Waals surface area contributed by atoms with Crippen molar-refractivity contribution < 1.29 is 56.0 Å². The molecule has 9 aliphatic heterocycles. The molecule has 0 spiro atoms. The quantitative estimate of drug-likeness (QED) is 0.0481. The average molecular weight is 1820 g/mol. The smallest absolute Gasteiger partial charge is 0.318 e. The Hall–Kier alpha value is -11.3. The number of nitrogens with zero attached hydrogens (tertiary/aromatic N) is 18. The molecule has 0 radical (unpaired) electrons. The van der Waals surface area contributed by atoms with Crippen molar-refractivity contribution in [2.45, 2.75) is 132 Å². The van der Waals surface area contributed by atoms with Crippen molar-refractivity contribution in [1.29, 1.82) is 0 Å². The fourth-order valence-corrected chi connectivity index (χ4v) is 20.2. The summed E-state index contributed by atoms with van der Waals surface area (Å²) in [4.78, 5) is 94.4. The van der Waals surface area contributed by atoms with Gasteiger partial charge in [0.15, 0.2) is 17.5 Å². The Balaban J connectivity index is 0.000000142. The highest BCUT2D eigenvalue weighted by Gasteiger charge is 2.43. The van der Waals surface area contributed by atoms with E-state index in [4.69, 9.17) is 113 Å². The minimum absolute atomic E-state index is 0.0422. The molecule has 3 amide bonds. The molecule has 9 atom stereocenters. The third-order valence-electron chi connectivity index (χ3n) is 26.2. The maximum absolute atomic E-state index is 13.8. The van der Waals surface area contributed by atoms with E-state index in [1.54, 1.807) is 0 Å². The molecule has 0 saturated carbocycles. The Labute approximate surface area is 763 Å². The van der Waals surface area contributed by atoms with Gasteiger partial charge in [-0.1, -0.05) is 146 Å². The number of fused-ring (bicyclic) bond motifs is 6. The predicted molar refractivity (Wildman–Crippen MR) is 488 cm³/mol. The minimum atomic E-state index is -1.02. The van der Waals surface area contributed by atoms with E-state index in [2.05, 4.69) is 70.1 Å². The number of amides is 3. The molecule has 12 heterocycles. The SMILES string of the molecule is [C-]#[N+]C[C@H]1CN(c2nc(OC[C@H]3CCCN3C)nc3c2COC(c2cccc4cccc(Cl)c24)C3)CCN1C(=O)C(=C)F.[C-]#[N+]C[C@H]1CN(c2nc(OC[C@H]3CCCN3C)nc3c2CO[C@@H](c2cccc4cccc(Cl)c24)C3)CCN1C(=O)C(=C)F.[C-]#[N+]C[C@H]1CN(c2nc(OC[C@H]3CCCN3C)nc3c2CO[C@H](c2cccc4cccc(Cl)c24)C3)CCN1C(=O)C(=C)F. The molecule has 18 rings (SSSR count). The summed E-state index contributed by atoms with van der Waals surface area (Å²) in [7, 11) is 6.30. The zero-order chi connectivity index (χ0) is 90.3. The van der Waals surface area contributed by atoms with E-state index in [1.165, 1.54) is 14.7 Å². The number of anilines is 3. The molecule has 0 N–H and O–H groups in total. The second-order valence-electron chi connectivity index (χ2n) is 34.1. The minimum Gasteiger partial charge on any atom is -0.462 e. The average Bonchev–Trinajstić information content (AvgIpc) is 0.905. The number of carbonyl (C=O) groups excluding carboxylic acids is 3. The number of hydrogen-bond acceptors (Lipinski definition) is 21. The van der Waals surface area contributed by atoms with Gasteiger partial charge < -0.3 is 87.1 Å². The van der Waals surface area contributed by atoms with E-state index in [-0.39, 0.29) is 77.4 Å². The zero-order valence-electron chi connectivity index (χ0n) is 72.4. The Bertz CT molecular complexity index is 5330. The molecule has 27 nitrogen and oxygen atoms in total. The van der Waals surface area contributed by atoms with E-state index in [0.29, 0.717) is 147 Å². The molecule has 0 aliphatic carbocycles. The number of benzene rings is 6. The third kappa shape index (κ3) is 20.0. The number of hydrogen-bond donors (Lipinski definition) is 0. The van der Waals surface area contributed by atoms with Crippen LogP contribution in [0.25, 0.3) is 46.9 Å². The second kappa shape index (κ2) is 40.8. The molecule has 9 aromatic rings. The lowest BCUT2D eigenvalue weighted by Crippen LogP contribution is -2.57. The first-order chi connectivity index (χ1) is 62.5. The summed E-state index contributed by atoms with van der Waals surface area (Å²) in [5.41, 5.74) is 8.05. The van der Waals surface area contributed by atoms with Crippen LogP contribution in [-0.2, 0) is 67.7 Å². The van der Waals surface area contributed by atoms with Gasteiger partial charge in [0, 0.05) is 144 Å². The highest BCUT2D eigenvalue weighted by molar-refractivity contribution is 6.36. The zero-order valence-corrected chi connectivity index (χ0v) is 74.7. The predicted octanol–water partition coefficient (Wildman–Crippen LogP) is 15.0. The van der Waals surface area contributed by atoms with E-state index in [9.17, 15) is 27.6 Å². The Morgan fingerprint density at radius 1 is 0.403 bits per heavy atom. The van der Waals surface area contributed by atoms with Crippen LogP contribution in [-0.4, -0.2) is 252 Å². The summed E-state index contributed by atoms with van der Waals surface area (Å²) in [6.07, 6.45) is 7.24. The van der Waals surface area contributed by atoms with Gasteiger partial charge in [0.25, 0.3) is 17.7 Å². The van der Waals surface area contributed by atoms with Gasteiger partial charge in [-0.2, -0.15) is 29.9 Å². The molecule has 672 valence electrons. The van der Waals surface area contributed by atoms with Gasteiger partial charge >= 0.3 is 18.0 Å². The largest absolute Gasteiger partial charge is 0.462 e. The lowest BCUT2D eigenvalue weighted by atomic mass is 9.94. The topological polar surface area (TPSA) is 226 Å². The van der Waals surface area contributed by atoms with Crippen LogP contribution in [0, 0.1) is 19.7 Å². The van der Waals surface area contributed by atoms with Gasteiger partial charge in [-0.05, 0) is 130 Å². The number of likely N-dealkylation sites (tertiary alicyclic amines) is 3. The highest BCUT2D eigenvalue weighted by Crippen LogP contribution is 2.45. The molecule has 129 heavy (non-hydrogen) atoms. The summed E-state index contributed by atoms with van der Waals surface area (Å²) in [5.74, 6) is -3.41. The molecular formula is C96H102Cl3F3N18O9. The van der Waals surface area contributed by atoms with Crippen LogP contribution < -0.4 is 28.9 Å². The normalized spacial score (nSPS) is 22.3. The molecule has 0 bridgehead atoms. The van der Waals surface area contributed by atoms with Gasteiger partial charge in [-0.3, -0.25) is 14.4 Å². The molecule has 6 saturated heterocycles. The molecule has 33 heteroatoms. The van der Waals surface area contributed by atoms with Crippen molar-refractivity contribution in [1.82, 2.24) is 59.3 Å². The van der Waals surface area contributed by atoms with E-state index >= 15 is 0 Å². The third-order valence-corrected chi connectivity index (χ3v) is 27.2. The van der Waals surface area contributed by atoms with Gasteiger partial charge in [0.1, 0.15) is 55.4 Å². The lowest BCUT2D eigenvalue weighted by molar-refractivity contribution is -0.131. The molecular weight excluding hydrogens is 1710 g/mol. The number of rotatable bonds is 21. The lowest BCUT2D eigenvalue weighted by Gasteiger charge is -2.40. The van der Waals surface area contributed by atoms with E-state index in [1.807, 2.05) is 124 Å². The van der Waals surface area contributed by atoms with Crippen molar-refractivity contribution in [3.63, 3.8) is 0 Å². The monoisotopic (exact) mass is 1810 g/mol. The first-order valence-electron chi connectivity index (χ1n) is 43.8. The number of likely N-dealkylation sites (N-methyl/N-ethyl adjacent to an activating group) is 3. The fourth-order valence-electron chi connectivity index (χ4n) is 19.3. The molecule has 6 aromatic carbocycles. The van der Waals surface area contributed by atoms with Gasteiger partial charge in [-0.25, -0.2) is 32.9 Å². The van der Waals surface area contributed by atoms with Crippen LogP contribution in [0.4, 0.5) is 30.6 Å². The summed E-state index contributed by atoms with van der Waals surface area (Å²) in [6.45, 7) is 40.2. The summed E-state index contributed by atoms with van der Waals surface area (Å²) in [5, 5.41) is 8.04. The van der Waals surface area contributed by atoms with Crippen molar-refractivity contribution in [3.8, 4) is 18.0 Å². The number of aromatic nitrogens is 6. The van der Waals surface area contributed by atoms with E-state index < -0.39 is 53.3 Å². The maximum Gasteiger partial charge on any atom is 0.318 e. The molecule has 6 fully saturated rings. The summed E-state index contributed by atoms with van der Waals surface area (Å²) >= 11 is 20.0. The summed E-state index contributed by atoms with van der Waals surface area (Å²) in [6, 6.07) is 36.1. The van der Waals surface area contributed by atoms with Crippen molar-refractivity contribution >= 4 is 102 Å². The molecule has 3 aromatic heterocycles. The van der Waals surface area contributed by atoms with Crippen molar-refractivity contribution in [2.24, 2.45) is 0 Å². The first kappa shape index (κ1) is 91.0. The van der Waals surface area contributed by atoms with Crippen LogP contribution in [0.3, 0.4) is 0 Å². The Morgan fingerprint density at radius 2 is 0.674 bits per heavy atom. The maximum atomic E-state index is 13.8. The van der Waals surface area contributed by atoms with Crippen LogP contribution in [0.15, 0.2) is 146 Å². The standard InChI is InChI=1S/3C32H34ClFN6O3/c3*1-20(34)31(41)40-14-13-39(17-23(40)16-35-2)30-25-19-42-28(24-10-4-7-21-8-5-11-26(33)29(21)24)15-27(25)36-32(37-30)43-18-22-9-6-12-38(22)3/h3*4-5,7-8,10-11,22-23,28H,1,6,9,12-19H2,3H3/t22-,23+,28?;22-,23+,28+;22-,23+,28-/m111/s1. The Kier molecular flexibility index (Phi) is 28.8. The first-order valence-corrected chi connectivity index (χ1v) is 44.9. The Morgan fingerprint density at radius 3 is 0.922 bits per heavy atom. The highest BCUT2D eigenvalue weighted by atomic mass is 35.5. The number of carbonyl (C=O) groups is 3. The molecule has 9 aliphatic rings. The fraction of sp³-hybridized carbons (Fsp3) is 0.438. The van der Waals surface area contributed by atoms with Gasteiger partial charge in [0.05, 0.1) is 55.2 Å². The van der Waals surface area contributed by atoms with Crippen LogP contribution in [0.5, 0.6) is 18.0 Å². The second-order valence-corrected chi connectivity index (χ2v) is 35.3. The van der Waals surface area contributed by atoms with Crippen molar-refractivity contribution in [3.05, 3.63) is 246 Å². The van der Waals surface area contributed by atoms with Crippen LogP contribution in [0.2, 0.25) is 15.1 Å². The number of halogens is 6. The van der Waals surface area contributed by atoms with Gasteiger partial charge in [-0.15, -0.1) is 0 Å². The van der Waals surface area contributed by atoms with Crippen LogP contribution in [0.1, 0.15) is 107 Å². The van der Waals surface area contributed by atoms with Crippen LogP contribution >= 0.6 is 34.8 Å². The van der Waals surface area contributed by atoms with E-state index in [0.717, 1.165) is 141 Å². The molecule has 1 unspecified atom stereocenters.